The van der Waals surface area contributed by atoms with Crippen LogP contribution >= 0.6 is 24.0 Å². The summed E-state index contributed by atoms with van der Waals surface area (Å²) in [5.74, 6) is 1.42. The normalized spacial score (nSPS) is 22.5. The van der Waals surface area contributed by atoms with E-state index in [-0.39, 0.29) is 18.5 Å². The lowest BCUT2D eigenvalue weighted by atomic mass is 9.81. The van der Waals surface area contributed by atoms with Crippen LogP contribution in [0.5, 0.6) is 5.75 Å². The van der Waals surface area contributed by atoms with Gasteiger partial charge in [-0.2, -0.15) is 10.2 Å². The molecule has 30 heavy (non-hydrogen) atoms. The van der Waals surface area contributed by atoms with E-state index >= 15 is 0 Å². The lowest BCUT2D eigenvalue weighted by Gasteiger charge is -2.30. The summed E-state index contributed by atoms with van der Waals surface area (Å²) >= 11 is 6.77. The molecular formula is C23H26Cl2N4O. The van der Waals surface area contributed by atoms with Crippen molar-refractivity contribution in [2.24, 2.45) is 16.1 Å². The Bertz CT molecular complexity index is 1110. The lowest BCUT2D eigenvalue weighted by Crippen LogP contribution is -2.27. The van der Waals surface area contributed by atoms with Gasteiger partial charge in [0, 0.05) is 17.1 Å². The highest BCUT2D eigenvalue weighted by Gasteiger charge is 2.29. The third kappa shape index (κ3) is 3.88. The molecule has 5 rings (SSSR count). The number of nitrogens with zero attached hydrogens (tertiary/aromatic N) is 2. The average molecular weight is 445 g/mol. The Morgan fingerprint density at radius 1 is 1.13 bits per heavy atom. The first-order chi connectivity index (χ1) is 14.2. The largest absolute Gasteiger partial charge is 0.490 e. The quantitative estimate of drug-likeness (QED) is 0.714. The number of para-hydroxylation sites is 1. The predicted molar refractivity (Wildman–Crippen MR) is 124 cm³/mol. The van der Waals surface area contributed by atoms with Crippen LogP contribution in [-0.2, 0) is 6.54 Å². The summed E-state index contributed by atoms with van der Waals surface area (Å²) in [6.45, 7) is 3.43. The molecule has 5 nitrogen and oxygen atoms in total. The maximum atomic E-state index is 6.77. The van der Waals surface area contributed by atoms with Crippen LogP contribution in [0.3, 0.4) is 0 Å². The number of hydrogen-bond donors (Lipinski definition) is 2. The monoisotopic (exact) mass is 444 g/mol. The molecule has 0 atom stereocenters. The van der Waals surface area contributed by atoms with Crippen molar-refractivity contribution in [3.05, 3.63) is 57.2 Å². The molecule has 7 heteroatoms. The minimum absolute atomic E-state index is 0. The highest BCUT2D eigenvalue weighted by molar-refractivity contribution is 6.36. The molecule has 1 saturated carbocycles. The molecule has 158 valence electrons. The number of aromatic nitrogens is 1. The summed E-state index contributed by atoms with van der Waals surface area (Å²) in [7, 11) is 0. The van der Waals surface area contributed by atoms with Crippen molar-refractivity contribution < 1.29 is 4.74 Å². The van der Waals surface area contributed by atoms with Gasteiger partial charge >= 0.3 is 0 Å². The van der Waals surface area contributed by atoms with E-state index in [1.54, 1.807) is 6.20 Å². The van der Waals surface area contributed by atoms with Crippen LogP contribution in [0.15, 0.2) is 45.6 Å². The van der Waals surface area contributed by atoms with Crippen LogP contribution in [-0.4, -0.2) is 17.6 Å². The van der Waals surface area contributed by atoms with E-state index in [9.17, 15) is 0 Å². The summed E-state index contributed by atoms with van der Waals surface area (Å²) in [6.07, 6.45) is 8.36. The number of H-pyrrole nitrogens is 1. The Hall–Kier alpha value is -2.24. The van der Waals surface area contributed by atoms with E-state index < -0.39 is 0 Å². The zero-order chi connectivity index (χ0) is 19.8. The van der Waals surface area contributed by atoms with Crippen LogP contribution in [0.4, 0.5) is 5.69 Å². The van der Waals surface area contributed by atoms with Gasteiger partial charge in [0.15, 0.2) is 0 Å². The van der Waals surface area contributed by atoms with Crippen molar-refractivity contribution in [2.75, 3.05) is 11.9 Å². The number of aromatic amines is 1. The highest BCUT2D eigenvalue weighted by Crippen LogP contribution is 2.38. The van der Waals surface area contributed by atoms with Gasteiger partial charge in [0.2, 0.25) is 0 Å². The van der Waals surface area contributed by atoms with E-state index in [1.807, 2.05) is 6.07 Å². The number of anilines is 1. The molecule has 1 aliphatic carbocycles. The molecule has 0 amide bonds. The van der Waals surface area contributed by atoms with Crippen LogP contribution in [0.25, 0.3) is 11.8 Å². The van der Waals surface area contributed by atoms with Crippen LogP contribution in [0.2, 0.25) is 0 Å². The van der Waals surface area contributed by atoms with E-state index in [4.69, 9.17) is 16.3 Å². The second kappa shape index (κ2) is 8.86. The number of fused-ring (bicyclic) bond motifs is 3. The topological polar surface area (TPSA) is 61.8 Å². The number of benzene rings is 1. The molecule has 2 aliphatic heterocycles. The number of rotatable bonds is 3. The molecule has 1 fully saturated rings. The molecule has 0 spiro atoms. The standard InChI is InChI=1S/C23H25ClN4O.ClH/c1-14-4-2-3-5-20(14)29-16-8-6-15(7-9-16)21-18(24)10-11-25-22-17-12-26-27-13-19(17)28-23(21)22;/h2-5,10,13,15-16,25,28H,6-9,11-12H2,1H3;1H/t15-,16-;. The fourth-order valence-corrected chi connectivity index (χ4v) is 4.97. The van der Waals surface area contributed by atoms with Gasteiger partial charge in [0.1, 0.15) is 5.75 Å². The SMILES string of the molecule is Cc1ccccc1O[C@H]1CC[C@H](C2=c3[nH]c4c(c3NCC=C2Cl)CN=NC=4)CC1.Cl. The Balaban J connectivity index is 0.00000218. The fraction of sp³-hybridized carbons (Fsp3) is 0.391. The third-order valence-electron chi connectivity index (χ3n) is 6.19. The molecule has 0 unspecified atom stereocenters. The first kappa shape index (κ1) is 21.0. The maximum absolute atomic E-state index is 6.77. The van der Waals surface area contributed by atoms with Gasteiger partial charge < -0.3 is 15.0 Å². The van der Waals surface area contributed by atoms with Crippen molar-refractivity contribution in [3.8, 4) is 5.75 Å². The lowest BCUT2D eigenvalue weighted by molar-refractivity contribution is 0.142. The second-order valence-electron chi connectivity index (χ2n) is 8.01. The van der Waals surface area contributed by atoms with Crippen molar-refractivity contribution in [3.63, 3.8) is 0 Å². The predicted octanol–water partition coefficient (Wildman–Crippen LogP) is 4.79. The van der Waals surface area contributed by atoms with Crippen molar-refractivity contribution in [1.82, 2.24) is 4.98 Å². The molecule has 1 aromatic heterocycles. The molecule has 2 N–H and O–H groups in total. The van der Waals surface area contributed by atoms with Gasteiger partial charge in [0.25, 0.3) is 0 Å². The van der Waals surface area contributed by atoms with Gasteiger partial charge in [0.05, 0.1) is 35.2 Å². The molecule has 0 radical (unpaired) electrons. The minimum atomic E-state index is 0. The Morgan fingerprint density at radius 3 is 2.73 bits per heavy atom. The van der Waals surface area contributed by atoms with E-state index in [1.165, 1.54) is 16.7 Å². The highest BCUT2D eigenvalue weighted by atomic mass is 35.5. The van der Waals surface area contributed by atoms with Crippen LogP contribution in [0.1, 0.15) is 36.8 Å². The zero-order valence-corrected chi connectivity index (χ0v) is 18.5. The number of halogens is 2. The van der Waals surface area contributed by atoms with Gasteiger partial charge in [-0.05, 0) is 61.8 Å². The summed E-state index contributed by atoms with van der Waals surface area (Å²) < 4.78 is 6.30. The molecule has 0 saturated heterocycles. The van der Waals surface area contributed by atoms with E-state index in [0.29, 0.717) is 12.5 Å². The van der Waals surface area contributed by atoms with Crippen molar-refractivity contribution >= 4 is 41.5 Å². The Labute approximate surface area is 187 Å². The minimum Gasteiger partial charge on any atom is -0.490 e. The van der Waals surface area contributed by atoms with Gasteiger partial charge in [-0.3, -0.25) is 0 Å². The number of allylic oxidation sites excluding steroid dienone is 1. The summed E-state index contributed by atoms with van der Waals surface area (Å²) in [5.41, 5.74) is 4.74. The molecule has 2 aromatic rings. The maximum Gasteiger partial charge on any atom is 0.122 e. The average Bonchev–Trinajstić information content (AvgIpc) is 3.01. The Kier molecular flexibility index (Phi) is 6.21. The Morgan fingerprint density at radius 2 is 1.93 bits per heavy atom. The number of azo groups is 1. The molecule has 1 aromatic carbocycles. The number of nitrogens with one attached hydrogen (secondary N) is 2. The van der Waals surface area contributed by atoms with Gasteiger partial charge in [-0.1, -0.05) is 29.8 Å². The van der Waals surface area contributed by atoms with E-state index in [2.05, 4.69) is 51.7 Å². The van der Waals surface area contributed by atoms with Crippen LogP contribution in [0, 0.1) is 12.8 Å². The summed E-state index contributed by atoms with van der Waals surface area (Å²) in [4.78, 5) is 3.57. The summed E-state index contributed by atoms with van der Waals surface area (Å²) in [6, 6.07) is 8.26. The van der Waals surface area contributed by atoms with Crippen molar-refractivity contribution in [2.45, 2.75) is 45.3 Å². The molecule has 3 heterocycles. The van der Waals surface area contributed by atoms with E-state index in [0.717, 1.165) is 59.4 Å². The van der Waals surface area contributed by atoms with Gasteiger partial charge in [-0.25, -0.2) is 0 Å². The zero-order valence-electron chi connectivity index (χ0n) is 17.0. The number of ether oxygens (including phenoxy) is 1. The second-order valence-corrected chi connectivity index (χ2v) is 8.42. The van der Waals surface area contributed by atoms with Gasteiger partial charge in [-0.15, -0.1) is 12.4 Å². The number of hydrogen-bond acceptors (Lipinski definition) is 4. The first-order valence-corrected chi connectivity index (χ1v) is 10.7. The molecule has 0 bridgehead atoms. The molecular weight excluding hydrogens is 419 g/mol. The van der Waals surface area contributed by atoms with Crippen LogP contribution < -0.4 is 20.8 Å². The smallest absolute Gasteiger partial charge is 0.122 e. The summed E-state index contributed by atoms with van der Waals surface area (Å²) in [5, 5.41) is 14.8. The number of aryl methyl sites for hydroxylation is 1. The first-order valence-electron chi connectivity index (χ1n) is 10.3. The molecule has 3 aliphatic rings. The third-order valence-corrected chi connectivity index (χ3v) is 6.55. The van der Waals surface area contributed by atoms with Crippen molar-refractivity contribution in [1.29, 1.82) is 0 Å². The fourth-order valence-electron chi connectivity index (χ4n) is 4.65.